The number of carboxylic acid groups (broad SMARTS) is 1. The summed E-state index contributed by atoms with van der Waals surface area (Å²) < 4.78 is 5.18. The molecule has 1 aliphatic rings. The van der Waals surface area contributed by atoms with Crippen LogP contribution in [0.3, 0.4) is 0 Å². The third kappa shape index (κ3) is 3.04. The molecule has 0 amide bonds. The van der Waals surface area contributed by atoms with Crippen molar-refractivity contribution in [1.29, 1.82) is 10.5 Å². The van der Waals surface area contributed by atoms with E-state index in [-0.39, 0.29) is 34.4 Å². The Balaban J connectivity index is 2.29. The smallest absolute Gasteiger partial charge is 0.335 e. The normalized spacial score (nSPS) is 14.5. The minimum Gasteiger partial charge on any atom is -0.497 e. The number of nitrogen functional groups attached to an aromatic ring is 2. The number of hydrogen-bond donors (Lipinski definition) is 5. The lowest BCUT2D eigenvalue weighted by atomic mass is 9.94. The maximum Gasteiger partial charge on any atom is 0.335 e. The molecular formula is C17H14N8O3. The Hall–Kier alpha value is -4.51. The molecule has 1 aliphatic heterocycles. The number of fused-ring (bicyclic) bond motifs is 1. The summed E-state index contributed by atoms with van der Waals surface area (Å²) in [6.45, 7) is 0. The van der Waals surface area contributed by atoms with Gasteiger partial charge in [-0.3, -0.25) is 5.32 Å². The number of hydrogen-bond acceptors (Lipinski definition) is 10. The molecule has 0 spiro atoms. The maximum absolute atomic E-state index is 11.5. The second kappa shape index (κ2) is 7.01. The van der Waals surface area contributed by atoms with Gasteiger partial charge in [-0.2, -0.15) is 10.5 Å². The van der Waals surface area contributed by atoms with Crippen molar-refractivity contribution in [2.24, 2.45) is 4.99 Å². The second-order valence-corrected chi connectivity index (χ2v) is 5.70. The van der Waals surface area contributed by atoms with Crippen molar-refractivity contribution in [1.82, 2.24) is 10.3 Å². The maximum atomic E-state index is 11.5. The molecule has 2 heterocycles. The predicted molar refractivity (Wildman–Crippen MR) is 99.4 cm³/mol. The van der Waals surface area contributed by atoms with Crippen molar-refractivity contribution in [2.45, 2.75) is 6.04 Å². The molecule has 28 heavy (non-hydrogen) atoms. The molecule has 1 unspecified atom stereocenters. The molecule has 0 aliphatic carbocycles. The van der Waals surface area contributed by atoms with E-state index in [2.05, 4.69) is 20.6 Å². The van der Waals surface area contributed by atoms with Gasteiger partial charge in [0, 0.05) is 5.56 Å². The zero-order chi connectivity index (χ0) is 20.4. The Morgan fingerprint density at radius 3 is 2.71 bits per heavy atom. The van der Waals surface area contributed by atoms with E-state index in [1.807, 2.05) is 6.07 Å². The molecule has 0 fully saturated rings. The summed E-state index contributed by atoms with van der Waals surface area (Å²) in [6, 6.07) is 5.38. The topological polar surface area (TPSA) is 195 Å². The molecule has 2 aromatic rings. The van der Waals surface area contributed by atoms with Gasteiger partial charge in [-0.05, 0) is 23.8 Å². The molecule has 3 rings (SSSR count). The zero-order valence-electron chi connectivity index (χ0n) is 14.5. The molecule has 140 valence electrons. The van der Waals surface area contributed by atoms with Crippen molar-refractivity contribution in [3.8, 4) is 18.0 Å². The third-order valence-corrected chi connectivity index (χ3v) is 4.08. The van der Waals surface area contributed by atoms with Crippen LogP contribution in [0.4, 0.5) is 17.3 Å². The van der Waals surface area contributed by atoms with Crippen LogP contribution in [-0.4, -0.2) is 29.1 Å². The van der Waals surface area contributed by atoms with Crippen molar-refractivity contribution < 1.29 is 14.6 Å². The Morgan fingerprint density at radius 2 is 2.11 bits per heavy atom. The third-order valence-electron chi connectivity index (χ3n) is 4.08. The van der Waals surface area contributed by atoms with Gasteiger partial charge in [-0.15, -0.1) is 0 Å². The van der Waals surface area contributed by atoms with Gasteiger partial charge in [0.15, 0.2) is 6.19 Å². The summed E-state index contributed by atoms with van der Waals surface area (Å²) in [7, 11) is 1.40. The Bertz CT molecular complexity index is 1100. The van der Waals surface area contributed by atoms with Gasteiger partial charge >= 0.3 is 5.97 Å². The molecule has 11 heteroatoms. The number of carboxylic acids is 1. The summed E-state index contributed by atoms with van der Waals surface area (Å²) in [5.74, 6) is -0.681. The Labute approximate surface area is 158 Å². The fraction of sp³-hybridized carbons (Fsp3) is 0.118. The van der Waals surface area contributed by atoms with Gasteiger partial charge in [0.25, 0.3) is 0 Å². The van der Waals surface area contributed by atoms with Crippen LogP contribution in [-0.2, 0) is 0 Å². The van der Waals surface area contributed by atoms with Crippen molar-refractivity contribution in [3.63, 3.8) is 0 Å². The van der Waals surface area contributed by atoms with Crippen LogP contribution in [0.15, 0.2) is 23.2 Å². The van der Waals surface area contributed by atoms with E-state index in [1.165, 1.54) is 19.2 Å². The number of guanidine groups is 1. The van der Waals surface area contributed by atoms with E-state index in [0.717, 1.165) is 0 Å². The summed E-state index contributed by atoms with van der Waals surface area (Å²) in [5, 5.41) is 32.8. The number of nitriles is 2. The number of nitrogens with one attached hydrogen (secondary N) is 2. The number of benzene rings is 1. The number of methoxy groups -OCH3 is 1. The average Bonchev–Trinajstić information content (AvgIpc) is 2.67. The lowest BCUT2D eigenvalue weighted by molar-refractivity contribution is 0.0696. The van der Waals surface area contributed by atoms with E-state index in [9.17, 15) is 15.2 Å². The molecule has 0 saturated heterocycles. The molecule has 1 atom stereocenters. The number of carbonyl (C=O) groups is 1. The van der Waals surface area contributed by atoms with Gasteiger partial charge in [-0.1, -0.05) is 0 Å². The van der Waals surface area contributed by atoms with Crippen LogP contribution < -0.4 is 26.8 Å². The summed E-state index contributed by atoms with van der Waals surface area (Å²) in [6.07, 6.45) is 1.74. The van der Waals surface area contributed by atoms with Gasteiger partial charge in [0.05, 0.1) is 18.4 Å². The molecule has 7 N–H and O–H groups in total. The van der Waals surface area contributed by atoms with Crippen LogP contribution in [0, 0.1) is 22.8 Å². The number of anilines is 3. The Morgan fingerprint density at radius 1 is 1.36 bits per heavy atom. The van der Waals surface area contributed by atoms with Crippen molar-refractivity contribution in [2.75, 3.05) is 23.9 Å². The highest BCUT2D eigenvalue weighted by atomic mass is 16.5. The second-order valence-electron chi connectivity index (χ2n) is 5.70. The molecule has 0 radical (unpaired) electrons. The molecule has 0 saturated carbocycles. The number of pyridine rings is 1. The highest BCUT2D eigenvalue weighted by molar-refractivity contribution is 5.98. The average molecular weight is 378 g/mol. The van der Waals surface area contributed by atoms with Crippen molar-refractivity contribution >= 4 is 29.3 Å². The lowest BCUT2D eigenvalue weighted by Crippen LogP contribution is -2.32. The van der Waals surface area contributed by atoms with Crippen LogP contribution >= 0.6 is 0 Å². The molecule has 11 nitrogen and oxygen atoms in total. The van der Waals surface area contributed by atoms with Gasteiger partial charge in [0.2, 0.25) is 5.96 Å². The first-order valence-electron chi connectivity index (χ1n) is 7.80. The molecule has 0 bridgehead atoms. The minimum absolute atomic E-state index is 0.0150. The largest absolute Gasteiger partial charge is 0.497 e. The number of nitrogens with zero attached hydrogens (tertiary/aromatic N) is 4. The fourth-order valence-electron chi connectivity index (χ4n) is 2.84. The van der Waals surface area contributed by atoms with Crippen LogP contribution in [0.5, 0.6) is 5.75 Å². The van der Waals surface area contributed by atoms with E-state index in [4.69, 9.17) is 21.5 Å². The number of aliphatic imine (C=N–C) groups is 1. The van der Waals surface area contributed by atoms with Gasteiger partial charge in [0.1, 0.15) is 35.1 Å². The number of aromatic carboxylic acids is 1. The minimum atomic E-state index is -1.16. The first kappa shape index (κ1) is 18.3. The number of ether oxygens (including phenoxy) is 1. The highest BCUT2D eigenvalue weighted by Gasteiger charge is 2.30. The zero-order valence-corrected chi connectivity index (χ0v) is 14.5. The Kier molecular flexibility index (Phi) is 4.58. The summed E-state index contributed by atoms with van der Waals surface area (Å²) >= 11 is 0. The van der Waals surface area contributed by atoms with Crippen molar-refractivity contribution in [3.05, 3.63) is 40.5 Å². The molecule has 1 aromatic heterocycles. The number of rotatable bonds is 3. The van der Waals surface area contributed by atoms with Crippen LogP contribution in [0.25, 0.3) is 0 Å². The first-order valence-corrected chi connectivity index (χ1v) is 7.80. The predicted octanol–water partition coefficient (Wildman–Crippen LogP) is 0.766. The van der Waals surface area contributed by atoms with E-state index >= 15 is 0 Å². The fourth-order valence-corrected chi connectivity index (χ4v) is 2.84. The van der Waals surface area contributed by atoms with E-state index < -0.39 is 12.0 Å². The van der Waals surface area contributed by atoms with Gasteiger partial charge < -0.3 is 26.6 Å². The van der Waals surface area contributed by atoms with Crippen LogP contribution in [0.2, 0.25) is 0 Å². The summed E-state index contributed by atoms with van der Waals surface area (Å²) in [5.41, 5.74) is 12.7. The summed E-state index contributed by atoms with van der Waals surface area (Å²) in [4.78, 5) is 20.0. The van der Waals surface area contributed by atoms with Crippen LogP contribution in [0.1, 0.15) is 33.1 Å². The van der Waals surface area contributed by atoms with E-state index in [1.54, 1.807) is 12.3 Å². The highest BCUT2D eigenvalue weighted by Crippen LogP contribution is 2.41. The number of aromatic nitrogens is 1. The quantitative estimate of drug-likeness (QED) is 0.375. The molecule has 1 aromatic carbocycles. The standard InChI is InChI=1S/C17H14N8O3/c1-28-9-3-7(2-8(4-9)16(26)27)13-11-12(20)10(5-18)14(21)24-15(11)25-17(23-13)22-6-19/h2-4,13H,1H3,(H,26,27)(H6,20,21,22,23,24,25). The molecular weight excluding hydrogens is 364 g/mol. The van der Waals surface area contributed by atoms with E-state index in [0.29, 0.717) is 16.9 Å². The SMILES string of the molecule is COc1cc(C(=O)O)cc(C2N=C(NC#N)Nc3nc(N)c(C#N)c(N)c32)c1. The monoisotopic (exact) mass is 378 g/mol. The lowest BCUT2D eigenvalue weighted by Gasteiger charge is -2.26. The first-order chi connectivity index (χ1) is 13.4. The van der Waals surface area contributed by atoms with Gasteiger partial charge in [-0.25, -0.2) is 14.8 Å². The number of nitrogens with two attached hydrogens (primary N) is 2.